The molecule has 2 rings (SSSR count). The fourth-order valence-corrected chi connectivity index (χ4v) is 1.72. The van der Waals surface area contributed by atoms with Crippen molar-refractivity contribution < 1.29 is 14.0 Å². The summed E-state index contributed by atoms with van der Waals surface area (Å²) in [6.45, 7) is 0. The van der Waals surface area contributed by atoms with E-state index >= 15 is 0 Å². The number of hydroxylamine groups is 2. The molecule has 0 bridgehead atoms. The van der Waals surface area contributed by atoms with Crippen LogP contribution in [0.2, 0.25) is 5.02 Å². The molecule has 0 fully saturated rings. The molecule has 100 valence electrons. The van der Waals surface area contributed by atoms with Crippen LogP contribution < -0.4 is 0 Å². The van der Waals surface area contributed by atoms with Gasteiger partial charge in [-0.1, -0.05) is 11.6 Å². The summed E-state index contributed by atoms with van der Waals surface area (Å²) >= 11 is 5.72. The maximum atomic E-state index is 13.6. The molecule has 2 aromatic rings. The molecule has 5 nitrogen and oxygen atoms in total. The van der Waals surface area contributed by atoms with Crippen molar-refractivity contribution in [1.29, 1.82) is 0 Å². The first-order chi connectivity index (χ1) is 9.04. The Balaban J connectivity index is 2.59. The Bertz CT molecular complexity index is 601. The van der Waals surface area contributed by atoms with E-state index in [0.29, 0.717) is 5.69 Å². The standard InChI is InChI=1S/C12H11ClFN3O2/c1-16(19-2)12(18)8-6-9(13)10(14)7-11(8)17-5-3-4-15-17/h3-7H,1-2H3. The molecule has 19 heavy (non-hydrogen) atoms. The summed E-state index contributed by atoms with van der Waals surface area (Å²) in [5.74, 6) is -1.07. The molecule has 0 aliphatic heterocycles. The molecule has 1 aromatic heterocycles. The van der Waals surface area contributed by atoms with Crippen LogP contribution in [0, 0.1) is 5.82 Å². The van der Waals surface area contributed by atoms with Gasteiger partial charge in [-0.05, 0) is 12.1 Å². The summed E-state index contributed by atoms with van der Waals surface area (Å²) in [4.78, 5) is 17.0. The van der Waals surface area contributed by atoms with Gasteiger partial charge in [0.15, 0.2) is 0 Å². The van der Waals surface area contributed by atoms with Gasteiger partial charge in [0.25, 0.3) is 5.91 Å². The SMILES string of the molecule is CON(C)C(=O)c1cc(Cl)c(F)cc1-n1cccn1. The quantitative estimate of drug-likeness (QED) is 0.812. The van der Waals surface area contributed by atoms with Crippen LogP contribution in [0.1, 0.15) is 10.4 Å². The Morgan fingerprint density at radius 3 is 2.84 bits per heavy atom. The first-order valence-corrected chi connectivity index (χ1v) is 5.73. The number of carbonyl (C=O) groups excluding carboxylic acids is 1. The molecule has 0 saturated heterocycles. The minimum Gasteiger partial charge on any atom is -0.274 e. The molecule has 0 radical (unpaired) electrons. The van der Waals surface area contributed by atoms with Crippen molar-refractivity contribution in [2.45, 2.75) is 0 Å². The Hall–Kier alpha value is -1.92. The largest absolute Gasteiger partial charge is 0.279 e. The minimum absolute atomic E-state index is 0.135. The van der Waals surface area contributed by atoms with Gasteiger partial charge in [-0.25, -0.2) is 14.1 Å². The Morgan fingerprint density at radius 2 is 2.26 bits per heavy atom. The topological polar surface area (TPSA) is 47.4 Å². The molecule has 1 amide bonds. The molecule has 0 aliphatic carbocycles. The van der Waals surface area contributed by atoms with E-state index in [1.165, 1.54) is 31.1 Å². The number of aromatic nitrogens is 2. The average molecular weight is 284 g/mol. The normalized spacial score (nSPS) is 10.5. The lowest BCUT2D eigenvalue weighted by Crippen LogP contribution is -2.26. The molecule has 7 heteroatoms. The summed E-state index contributed by atoms with van der Waals surface area (Å²) in [5.41, 5.74) is 0.486. The summed E-state index contributed by atoms with van der Waals surface area (Å²) in [5, 5.41) is 4.87. The lowest BCUT2D eigenvalue weighted by atomic mass is 10.1. The molecule has 0 atom stereocenters. The zero-order valence-electron chi connectivity index (χ0n) is 10.3. The Labute approximate surface area is 114 Å². The monoisotopic (exact) mass is 283 g/mol. The highest BCUT2D eigenvalue weighted by Gasteiger charge is 2.20. The van der Waals surface area contributed by atoms with Crippen molar-refractivity contribution in [3.8, 4) is 5.69 Å². The summed E-state index contributed by atoms with van der Waals surface area (Å²) in [6.07, 6.45) is 3.13. The second kappa shape index (κ2) is 5.38. The molecule has 1 heterocycles. The summed E-state index contributed by atoms with van der Waals surface area (Å²) < 4.78 is 15.0. The first-order valence-electron chi connectivity index (χ1n) is 5.36. The molecular weight excluding hydrogens is 273 g/mol. The minimum atomic E-state index is -0.621. The number of rotatable bonds is 3. The number of benzene rings is 1. The van der Waals surface area contributed by atoms with Crippen LogP contribution in [0.25, 0.3) is 5.69 Å². The molecule has 0 spiro atoms. The van der Waals surface area contributed by atoms with Gasteiger partial charge in [-0.3, -0.25) is 9.63 Å². The van der Waals surface area contributed by atoms with Crippen molar-refractivity contribution in [2.24, 2.45) is 0 Å². The number of amides is 1. The number of carbonyl (C=O) groups is 1. The zero-order chi connectivity index (χ0) is 14.0. The van der Waals surface area contributed by atoms with Gasteiger partial charge in [0.1, 0.15) is 5.82 Å². The van der Waals surface area contributed by atoms with Gasteiger partial charge in [-0.2, -0.15) is 5.10 Å². The summed E-state index contributed by atoms with van der Waals surface area (Å²) in [6, 6.07) is 4.08. The van der Waals surface area contributed by atoms with Crippen LogP contribution in [0.3, 0.4) is 0 Å². The van der Waals surface area contributed by atoms with E-state index in [0.717, 1.165) is 11.1 Å². The molecule has 0 N–H and O–H groups in total. The number of hydrogen-bond donors (Lipinski definition) is 0. The average Bonchev–Trinajstić information content (AvgIpc) is 2.93. The lowest BCUT2D eigenvalue weighted by molar-refractivity contribution is -0.0757. The third kappa shape index (κ3) is 2.59. The highest BCUT2D eigenvalue weighted by Crippen LogP contribution is 2.24. The smallest absolute Gasteiger partial charge is 0.274 e. The second-order valence-electron chi connectivity index (χ2n) is 3.72. The third-order valence-corrected chi connectivity index (χ3v) is 2.87. The first kappa shape index (κ1) is 13.5. The maximum absolute atomic E-state index is 13.6. The van der Waals surface area contributed by atoms with Crippen LogP contribution in [0.5, 0.6) is 0 Å². The van der Waals surface area contributed by atoms with Crippen molar-refractivity contribution in [3.63, 3.8) is 0 Å². The van der Waals surface area contributed by atoms with Crippen LogP contribution in [0.15, 0.2) is 30.6 Å². The van der Waals surface area contributed by atoms with Gasteiger partial charge in [0.2, 0.25) is 0 Å². The van der Waals surface area contributed by atoms with E-state index in [4.69, 9.17) is 16.4 Å². The number of hydrogen-bond acceptors (Lipinski definition) is 3. The second-order valence-corrected chi connectivity index (χ2v) is 4.13. The molecular formula is C12H11ClFN3O2. The van der Waals surface area contributed by atoms with Gasteiger partial charge < -0.3 is 0 Å². The van der Waals surface area contributed by atoms with E-state index in [1.807, 2.05) is 0 Å². The lowest BCUT2D eigenvalue weighted by Gasteiger charge is -2.16. The van der Waals surface area contributed by atoms with Gasteiger partial charge >= 0.3 is 0 Å². The van der Waals surface area contributed by atoms with E-state index in [-0.39, 0.29) is 10.6 Å². The van der Waals surface area contributed by atoms with Crippen molar-refractivity contribution in [2.75, 3.05) is 14.2 Å². The Kier molecular flexibility index (Phi) is 3.82. The van der Waals surface area contributed by atoms with Crippen molar-refractivity contribution in [3.05, 3.63) is 47.0 Å². The summed E-state index contributed by atoms with van der Waals surface area (Å²) in [7, 11) is 2.81. The zero-order valence-corrected chi connectivity index (χ0v) is 11.1. The van der Waals surface area contributed by atoms with E-state index in [1.54, 1.807) is 12.3 Å². The molecule has 0 saturated carbocycles. The predicted molar refractivity (Wildman–Crippen MR) is 67.6 cm³/mol. The van der Waals surface area contributed by atoms with Gasteiger partial charge in [-0.15, -0.1) is 0 Å². The van der Waals surface area contributed by atoms with E-state index in [9.17, 15) is 9.18 Å². The highest BCUT2D eigenvalue weighted by molar-refractivity contribution is 6.31. The Morgan fingerprint density at radius 1 is 1.53 bits per heavy atom. The molecule has 0 aliphatic rings. The van der Waals surface area contributed by atoms with Gasteiger partial charge in [0.05, 0.1) is 23.4 Å². The molecule has 0 unspecified atom stereocenters. The van der Waals surface area contributed by atoms with E-state index in [2.05, 4.69) is 5.10 Å². The molecule has 1 aromatic carbocycles. The van der Waals surface area contributed by atoms with Crippen LogP contribution >= 0.6 is 11.6 Å². The fraction of sp³-hybridized carbons (Fsp3) is 0.167. The van der Waals surface area contributed by atoms with Crippen LogP contribution in [-0.2, 0) is 4.84 Å². The number of nitrogens with zero attached hydrogens (tertiary/aromatic N) is 3. The maximum Gasteiger partial charge on any atom is 0.279 e. The van der Waals surface area contributed by atoms with Crippen molar-refractivity contribution >= 4 is 17.5 Å². The number of halogens is 2. The highest BCUT2D eigenvalue weighted by atomic mass is 35.5. The van der Waals surface area contributed by atoms with Crippen molar-refractivity contribution in [1.82, 2.24) is 14.8 Å². The van der Waals surface area contributed by atoms with E-state index < -0.39 is 11.7 Å². The third-order valence-electron chi connectivity index (χ3n) is 2.58. The van der Waals surface area contributed by atoms with Crippen LogP contribution in [-0.4, -0.2) is 34.9 Å². The predicted octanol–water partition coefficient (Wildman–Crippen LogP) is 2.30. The fourth-order valence-electron chi connectivity index (χ4n) is 1.56. The van der Waals surface area contributed by atoms with Crippen LogP contribution in [0.4, 0.5) is 4.39 Å². The van der Waals surface area contributed by atoms with Gasteiger partial charge in [0, 0.05) is 25.5 Å².